The highest BCUT2D eigenvalue weighted by Crippen LogP contribution is 2.46. The first-order chi connectivity index (χ1) is 6.35. The zero-order valence-electron chi connectivity index (χ0n) is 10.8. The van der Waals surface area contributed by atoms with E-state index in [0.717, 1.165) is 13.0 Å². The van der Waals surface area contributed by atoms with E-state index in [1.165, 1.54) is 0 Å². The van der Waals surface area contributed by atoms with Crippen LogP contribution in [0.1, 0.15) is 20.3 Å². The van der Waals surface area contributed by atoms with Crippen molar-refractivity contribution in [3.8, 4) is 0 Å². The minimum Gasteiger partial charge on any atom is -0.384 e. The molecule has 0 rings (SSSR count). The van der Waals surface area contributed by atoms with Gasteiger partial charge >= 0.3 is 0 Å². The van der Waals surface area contributed by atoms with Gasteiger partial charge in [-0.3, -0.25) is 0 Å². The molecular weight excluding hydrogens is 192 g/mol. The smallest absolute Gasteiger partial charge is 0.0597 e. The van der Waals surface area contributed by atoms with E-state index in [-0.39, 0.29) is 11.1 Å². The van der Waals surface area contributed by atoms with Crippen LogP contribution in [0.4, 0.5) is 0 Å². The molecule has 0 aromatic rings. The molecular formula is C11H26O2Si. The van der Waals surface area contributed by atoms with Crippen molar-refractivity contribution in [2.75, 3.05) is 20.8 Å². The molecule has 0 N–H and O–H groups in total. The molecule has 86 valence electrons. The Bertz CT molecular complexity index is 165. The van der Waals surface area contributed by atoms with Crippen LogP contribution >= 0.6 is 0 Å². The summed E-state index contributed by atoms with van der Waals surface area (Å²) in [5, 5.41) is 0.233. The fraction of sp³-hybridized carbons (Fsp3) is 1.00. The third-order valence-electron chi connectivity index (χ3n) is 3.66. The molecule has 0 bridgehead atoms. The molecule has 3 heteroatoms. The predicted octanol–water partition coefficient (Wildman–Crippen LogP) is 3.16. The highest BCUT2D eigenvalue weighted by Gasteiger charge is 2.46. The average molecular weight is 218 g/mol. The molecule has 0 heterocycles. The molecule has 0 radical (unpaired) electrons. The lowest BCUT2D eigenvalue weighted by Crippen LogP contribution is -2.49. The Labute approximate surface area is 90.0 Å². The molecule has 2 unspecified atom stereocenters. The first-order valence-corrected chi connectivity index (χ1v) is 8.87. The zero-order chi connectivity index (χ0) is 11.4. The van der Waals surface area contributed by atoms with E-state index < -0.39 is 8.07 Å². The van der Waals surface area contributed by atoms with Crippen LogP contribution in [0, 0.1) is 0 Å². The lowest BCUT2D eigenvalue weighted by Gasteiger charge is -2.46. The van der Waals surface area contributed by atoms with E-state index >= 15 is 0 Å². The normalized spacial score (nSPS) is 19.1. The molecule has 0 aliphatic rings. The Morgan fingerprint density at radius 1 is 1.21 bits per heavy atom. The fourth-order valence-corrected chi connectivity index (χ4v) is 5.32. The summed E-state index contributed by atoms with van der Waals surface area (Å²) in [5.41, 5.74) is 0. The summed E-state index contributed by atoms with van der Waals surface area (Å²) in [6.45, 7) is 12.4. The Balaban J connectivity index is 4.97. The lowest BCUT2D eigenvalue weighted by atomic mass is 10.00. The average Bonchev–Trinajstić information content (AvgIpc) is 2.11. The maximum atomic E-state index is 5.54. The van der Waals surface area contributed by atoms with Gasteiger partial charge < -0.3 is 9.47 Å². The number of rotatable bonds is 6. The summed E-state index contributed by atoms with van der Waals surface area (Å²) in [4.78, 5) is 0. The Morgan fingerprint density at radius 3 is 1.93 bits per heavy atom. The SMILES string of the molecule is CCC(COC)(C(C)OC)[Si](C)(C)C. The molecule has 0 saturated heterocycles. The molecule has 0 aromatic carbocycles. The van der Waals surface area contributed by atoms with Gasteiger partial charge in [0.25, 0.3) is 0 Å². The second-order valence-electron chi connectivity index (χ2n) is 5.07. The van der Waals surface area contributed by atoms with Gasteiger partial charge in [0.2, 0.25) is 0 Å². The second-order valence-corrected chi connectivity index (χ2v) is 10.6. The van der Waals surface area contributed by atoms with E-state index in [4.69, 9.17) is 9.47 Å². The molecule has 0 aliphatic heterocycles. The van der Waals surface area contributed by atoms with Crippen LogP contribution in [-0.4, -0.2) is 35.0 Å². The van der Waals surface area contributed by atoms with Crippen molar-refractivity contribution in [1.82, 2.24) is 0 Å². The molecule has 2 nitrogen and oxygen atoms in total. The Kier molecular flexibility index (Phi) is 5.34. The minimum absolute atomic E-state index is 0.233. The van der Waals surface area contributed by atoms with Gasteiger partial charge in [-0.2, -0.15) is 0 Å². The van der Waals surface area contributed by atoms with Crippen molar-refractivity contribution in [3.63, 3.8) is 0 Å². The van der Waals surface area contributed by atoms with Gasteiger partial charge in [0.05, 0.1) is 20.8 Å². The van der Waals surface area contributed by atoms with E-state index in [2.05, 4.69) is 33.5 Å². The molecule has 14 heavy (non-hydrogen) atoms. The minimum atomic E-state index is -1.29. The summed E-state index contributed by atoms with van der Waals surface area (Å²) < 4.78 is 10.9. The number of methoxy groups -OCH3 is 2. The number of hydrogen-bond donors (Lipinski definition) is 0. The monoisotopic (exact) mass is 218 g/mol. The summed E-state index contributed by atoms with van der Waals surface area (Å²) in [7, 11) is 2.29. The Morgan fingerprint density at radius 2 is 1.71 bits per heavy atom. The summed E-state index contributed by atoms with van der Waals surface area (Å²) in [6, 6.07) is 0. The quantitative estimate of drug-likeness (QED) is 0.638. The van der Waals surface area contributed by atoms with Crippen LogP contribution in [0.15, 0.2) is 0 Å². The molecule has 2 atom stereocenters. The predicted molar refractivity (Wildman–Crippen MR) is 64.7 cm³/mol. The largest absolute Gasteiger partial charge is 0.384 e. The third kappa shape index (κ3) is 2.58. The van der Waals surface area contributed by atoms with Crippen molar-refractivity contribution < 1.29 is 9.47 Å². The van der Waals surface area contributed by atoms with Gasteiger partial charge in [0.15, 0.2) is 0 Å². The molecule has 0 fully saturated rings. The molecule has 0 aliphatic carbocycles. The second kappa shape index (κ2) is 5.28. The van der Waals surface area contributed by atoms with E-state index in [1.807, 2.05) is 0 Å². The van der Waals surface area contributed by atoms with E-state index in [0.29, 0.717) is 0 Å². The van der Waals surface area contributed by atoms with E-state index in [9.17, 15) is 0 Å². The zero-order valence-corrected chi connectivity index (χ0v) is 11.8. The molecule has 0 spiro atoms. The van der Waals surface area contributed by atoms with Crippen molar-refractivity contribution in [1.29, 1.82) is 0 Å². The highest BCUT2D eigenvalue weighted by molar-refractivity contribution is 6.79. The van der Waals surface area contributed by atoms with Crippen molar-refractivity contribution >= 4 is 8.07 Å². The van der Waals surface area contributed by atoms with E-state index in [1.54, 1.807) is 14.2 Å². The maximum Gasteiger partial charge on any atom is 0.0597 e. The molecule has 0 aromatic heterocycles. The molecule has 0 amide bonds. The van der Waals surface area contributed by atoms with Crippen molar-refractivity contribution in [2.45, 2.75) is 51.1 Å². The van der Waals surface area contributed by atoms with Gasteiger partial charge in [0.1, 0.15) is 0 Å². The van der Waals surface area contributed by atoms with Crippen LogP contribution in [-0.2, 0) is 9.47 Å². The molecule has 0 saturated carbocycles. The van der Waals surface area contributed by atoms with Crippen LogP contribution in [0.5, 0.6) is 0 Å². The van der Waals surface area contributed by atoms with Crippen LogP contribution in [0.2, 0.25) is 24.7 Å². The van der Waals surface area contributed by atoms with Crippen LogP contribution < -0.4 is 0 Å². The van der Waals surface area contributed by atoms with Gasteiger partial charge in [-0.05, 0) is 13.3 Å². The van der Waals surface area contributed by atoms with Gasteiger partial charge in [-0.15, -0.1) is 0 Å². The number of ether oxygens (including phenoxy) is 2. The standard InChI is InChI=1S/C11H26O2Si/c1-8-11(9-12-3,10(2)13-4)14(5,6)7/h10H,8-9H2,1-7H3. The maximum absolute atomic E-state index is 5.54. The first kappa shape index (κ1) is 14.1. The Hall–Kier alpha value is 0.137. The lowest BCUT2D eigenvalue weighted by molar-refractivity contribution is 0.0295. The van der Waals surface area contributed by atoms with Crippen molar-refractivity contribution in [2.24, 2.45) is 0 Å². The highest BCUT2D eigenvalue weighted by atomic mass is 28.3. The summed E-state index contributed by atoms with van der Waals surface area (Å²) in [6.07, 6.45) is 1.41. The van der Waals surface area contributed by atoms with Gasteiger partial charge in [-0.25, -0.2) is 0 Å². The first-order valence-electron chi connectivity index (χ1n) is 5.37. The van der Waals surface area contributed by atoms with Crippen molar-refractivity contribution in [3.05, 3.63) is 0 Å². The topological polar surface area (TPSA) is 18.5 Å². The fourth-order valence-electron chi connectivity index (χ4n) is 2.35. The number of hydrogen-bond acceptors (Lipinski definition) is 2. The van der Waals surface area contributed by atoms with Gasteiger partial charge in [-0.1, -0.05) is 26.6 Å². The third-order valence-corrected chi connectivity index (χ3v) is 7.55. The van der Waals surface area contributed by atoms with Crippen LogP contribution in [0.25, 0.3) is 0 Å². The van der Waals surface area contributed by atoms with Gasteiger partial charge in [0, 0.05) is 19.3 Å². The van der Waals surface area contributed by atoms with Crippen LogP contribution in [0.3, 0.4) is 0 Å². The summed E-state index contributed by atoms with van der Waals surface area (Å²) >= 11 is 0. The summed E-state index contributed by atoms with van der Waals surface area (Å²) in [5.74, 6) is 0.